The van der Waals surface area contributed by atoms with E-state index in [-0.39, 0.29) is 4.75 Å². The minimum absolute atomic E-state index is 0.253. The second-order valence-corrected chi connectivity index (χ2v) is 5.74. The highest BCUT2D eigenvalue weighted by Crippen LogP contribution is 2.31. The number of nitrogens with one attached hydrogen (secondary N) is 1. The molecule has 0 saturated carbocycles. The molecule has 2 nitrogen and oxygen atoms in total. The van der Waals surface area contributed by atoms with Gasteiger partial charge in [0.1, 0.15) is 5.82 Å². The highest BCUT2D eigenvalue weighted by Gasteiger charge is 2.11. The minimum atomic E-state index is 0.253. The summed E-state index contributed by atoms with van der Waals surface area (Å²) in [7, 11) is 1.87. The fourth-order valence-electron chi connectivity index (χ4n) is 0.942. The Kier molecular flexibility index (Phi) is 3.20. The van der Waals surface area contributed by atoms with E-state index in [1.165, 1.54) is 4.90 Å². The van der Waals surface area contributed by atoms with Crippen LogP contribution in [-0.2, 0) is 0 Å². The van der Waals surface area contributed by atoms with Gasteiger partial charge in [0.2, 0.25) is 0 Å². The molecule has 0 spiro atoms. The first-order valence-electron chi connectivity index (χ1n) is 4.34. The van der Waals surface area contributed by atoms with Gasteiger partial charge in [-0.15, -0.1) is 11.8 Å². The van der Waals surface area contributed by atoms with Gasteiger partial charge in [-0.05, 0) is 12.1 Å². The maximum absolute atomic E-state index is 4.25. The molecule has 72 valence electrons. The van der Waals surface area contributed by atoms with Crippen molar-refractivity contribution in [1.29, 1.82) is 0 Å². The van der Waals surface area contributed by atoms with Gasteiger partial charge < -0.3 is 5.32 Å². The topological polar surface area (TPSA) is 24.9 Å². The van der Waals surface area contributed by atoms with Gasteiger partial charge in [-0.3, -0.25) is 0 Å². The summed E-state index contributed by atoms with van der Waals surface area (Å²) >= 11 is 1.83. The molecule has 0 bridgehead atoms. The summed E-state index contributed by atoms with van der Waals surface area (Å²) in [6, 6.07) is 4.09. The number of aromatic nitrogens is 1. The lowest BCUT2D eigenvalue weighted by molar-refractivity contribution is 0.802. The average molecular weight is 196 g/mol. The van der Waals surface area contributed by atoms with E-state index >= 15 is 0 Å². The summed E-state index contributed by atoms with van der Waals surface area (Å²) in [4.78, 5) is 5.46. The minimum Gasteiger partial charge on any atom is -0.373 e. The van der Waals surface area contributed by atoms with Crippen LogP contribution in [0.4, 0.5) is 5.82 Å². The molecule has 0 radical (unpaired) electrons. The average Bonchev–Trinajstić information content (AvgIpc) is 2.03. The molecule has 0 aromatic carbocycles. The molecule has 0 aliphatic rings. The molecule has 1 N–H and O–H groups in total. The lowest BCUT2D eigenvalue weighted by atomic mass is 10.3. The van der Waals surface area contributed by atoms with Crippen molar-refractivity contribution >= 4 is 17.6 Å². The molecule has 0 atom stereocenters. The van der Waals surface area contributed by atoms with Crippen molar-refractivity contribution in [1.82, 2.24) is 4.98 Å². The number of rotatable bonds is 2. The molecule has 0 unspecified atom stereocenters. The van der Waals surface area contributed by atoms with E-state index in [0.29, 0.717) is 0 Å². The Labute approximate surface area is 84.1 Å². The van der Waals surface area contributed by atoms with Gasteiger partial charge in [0, 0.05) is 22.9 Å². The van der Waals surface area contributed by atoms with E-state index in [2.05, 4.69) is 37.1 Å². The van der Waals surface area contributed by atoms with Crippen molar-refractivity contribution in [2.24, 2.45) is 0 Å². The molecule has 0 fully saturated rings. The molecule has 0 saturated heterocycles. The van der Waals surface area contributed by atoms with Crippen LogP contribution in [0, 0.1) is 0 Å². The monoisotopic (exact) mass is 196 g/mol. The third-order valence-corrected chi connectivity index (χ3v) is 2.51. The largest absolute Gasteiger partial charge is 0.373 e. The van der Waals surface area contributed by atoms with Crippen molar-refractivity contribution in [2.75, 3.05) is 12.4 Å². The molecule has 1 aromatic heterocycles. The Morgan fingerprint density at radius 1 is 1.31 bits per heavy atom. The van der Waals surface area contributed by atoms with E-state index < -0.39 is 0 Å². The van der Waals surface area contributed by atoms with Gasteiger partial charge in [0.05, 0.1) is 0 Å². The summed E-state index contributed by atoms with van der Waals surface area (Å²) in [6.07, 6.45) is 1.90. The van der Waals surface area contributed by atoms with E-state index in [1.54, 1.807) is 0 Å². The van der Waals surface area contributed by atoms with Crippen LogP contribution >= 0.6 is 11.8 Å². The van der Waals surface area contributed by atoms with Crippen LogP contribution in [0.25, 0.3) is 0 Å². The number of pyridine rings is 1. The predicted molar refractivity (Wildman–Crippen MR) is 59.4 cm³/mol. The van der Waals surface area contributed by atoms with E-state index in [4.69, 9.17) is 0 Å². The summed E-state index contributed by atoms with van der Waals surface area (Å²) in [5.41, 5.74) is 0. The normalized spacial score (nSPS) is 11.4. The van der Waals surface area contributed by atoms with Crippen LogP contribution in [-0.4, -0.2) is 16.8 Å². The second kappa shape index (κ2) is 4.01. The zero-order chi connectivity index (χ0) is 9.90. The fourth-order valence-corrected chi connectivity index (χ4v) is 1.89. The first kappa shape index (κ1) is 10.4. The van der Waals surface area contributed by atoms with Gasteiger partial charge in [-0.1, -0.05) is 20.8 Å². The van der Waals surface area contributed by atoms with Gasteiger partial charge in [0.15, 0.2) is 0 Å². The highest BCUT2D eigenvalue weighted by molar-refractivity contribution is 8.00. The third-order valence-electron chi connectivity index (χ3n) is 1.42. The smallest absolute Gasteiger partial charge is 0.125 e. The Morgan fingerprint density at radius 2 is 2.00 bits per heavy atom. The van der Waals surface area contributed by atoms with E-state index in [9.17, 15) is 0 Å². The standard InChI is InChI=1S/C10H16N2S/c1-10(2,3)13-8-5-6-9(11-4)12-7-8/h5-7H,1-4H3,(H,11,12). The van der Waals surface area contributed by atoms with Gasteiger partial charge in [-0.25, -0.2) is 4.98 Å². The molecule has 0 amide bonds. The van der Waals surface area contributed by atoms with Gasteiger partial charge in [0.25, 0.3) is 0 Å². The lowest BCUT2D eigenvalue weighted by Crippen LogP contribution is -2.06. The Hall–Kier alpha value is -0.700. The summed E-state index contributed by atoms with van der Waals surface area (Å²) in [5.74, 6) is 0.915. The maximum atomic E-state index is 4.25. The molecule has 3 heteroatoms. The summed E-state index contributed by atoms with van der Waals surface area (Å²) in [6.45, 7) is 6.59. The van der Waals surface area contributed by atoms with Gasteiger partial charge in [-0.2, -0.15) is 0 Å². The van der Waals surface area contributed by atoms with Crippen molar-refractivity contribution < 1.29 is 0 Å². The molecule has 0 aliphatic heterocycles. The fraction of sp³-hybridized carbons (Fsp3) is 0.500. The predicted octanol–water partition coefficient (Wildman–Crippen LogP) is 3.01. The quantitative estimate of drug-likeness (QED) is 0.736. The van der Waals surface area contributed by atoms with Crippen LogP contribution in [0.2, 0.25) is 0 Å². The zero-order valence-corrected chi connectivity index (χ0v) is 9.40. The van der Waals surface area contributed by atoms with Gasteiger partial charge >= 0.3 is 0 Å². The van der Waals surface area contributed by atoms with Crippen LogP contribution in [0.5, 0.6) is 0 Å². The van der Waals surface area contributed by atoms with Crippen molar-refractivity contribution in [3.63, 3.8) is 0 Å². The number of hydrogen-bond donors (Lipinski definition) is 1. The summed E-state index contributed by atoms with van der Waals surface area (Å²) in [5, 5.41) is 3.00. The first-order valence-corrected chi connectivity index (χ1v) is 5.16. The first-order chi connectivity index (χ1) is 6.01. The number of nitrogens with zero attached hydrogens (tertiary/aromatic N) is 1. The van der Waals surface area contributed by atoms with Crippen molar-refractivity contribution in [2.45, 2.75) is 30.4 Å². The number of thioether (sulfide) groups is 1. The Balaban J connectivity index is 2.70. The number of hydrogen-bond acceptors (Lipinski definition) is 3. The van der Waals surface area contributed by atoms with E-state index in [1.807, 2.05) is 31.1 Å². The van der Waals surface area contributed by atoms with Crippen molar-refractivity contribution in [3.05, 3.63) is 18.3 Å². The molecule has 1 aromatic rings. The zero-order valence-electron chi connectivity index (χ0n) is 8.59. The van der Waals surface area contributed by atoms with Crippen LogP contribution in [0.15, 0.2) is 23.2 Å². The number of anilines is 1. The Bertz CT molecular complexity index is 261. The maximum Gasteiger partial charge on any atom is 0.125 e. The Morgan fingerprint density at radius 3 is 2.38 bits per heavy atom. The molecule has 13 heavy (non-hydrogen) atoms. The molecular formula is C10H16N2S. The summed E-state index contributed by atoms with van der Waals surface area (Å²) < 4.78 is 0.253. The highest BCUT2D eigenvalue weighted by atomic mass is 32.2. The van der Waals surface area contributed by atoms with Crippen LogP contribution in [0.3, 0.4) is 0 Å². The van der Waals surface area contributed by atoms with Crippen LogP contribution < -0.4 is 5.32 Å². The molecule has 0 aliphatic carbocycles. The van der Waals surface area contributed by atoms with E-state index in [0.717, 1.165) is 5.82 Å². The van der Waals surface area contributed by atoms with Crippen LogP contribution in [0.1, 0.15) is 20.8 Å². The SMILES string of the molecule is CNc1ccc(SC(C)(C)C)cn1. The second-order valence-electron chi connectivity index (χ2n) is 3.84. The lowest BCUT2D eigenvalue weighted by Gasteiger charge is -2.17. The molecular weight excluding hydrogens is 180 g/mol. The molecule has 1 rings (SSSR count). The molecule has 1 heterocycles. The third kappa shape index (κ3) is 3.68. The van der Waals surface area contributed by atoms with Crippen molar-refractivity contribution in [3.8, 4) is 0 Å².